The summed E-state index contributed by atoms with van der Waals surface area (Å²) in [5, 5.41) is 7.94. The van der Waals surface area contributed by atoms with Gasteiger partial charge >= 0.3 is 138 Å². The van der Waals surface area contributed by atoms with Crippen molar-refractivity contribution in [2.45, 2.75) is 13.3 Å². The predicted octanol–water partition coefficient (Wildman–Crippen LogP) is -1.75. The molecule has 0 N–H and O–H groups in total. The number of nitrogens with zero attached hydrogens (tertiary/aromatic N) is 3. The SMILES string of the molecule is CC(=O)Cc1nn[c]([RaH])[n]1[Rb]. The van der Waals surface area contributed by atoms with Gasteiger partial charge in [-0.05, 0) is 0 Å². The minimum absolute atomic E-state index is 0.171. The first-order valence-electron chi connectivity index (χ1n) is 3.45. The first-order chi connectivity index (χ1) is 5.11. The Hall–Kier alpha value is 2.08. The molecule has 11 heavy (non-hydrogen) atoms. The average Bonchev–Trinajstić information content (AvgIpc) is 2.18. The molecule has 0 radical (unpaired) electrons. The molecule has 0 aliphatic heterocycles. The molecule has 50 valence electrons. The van der Waals surface area contributed by atoms with Gasteiger partial charge in [0.15, 0.2) is 0 Å². The number of ketones is 1. The summed E-state index contributed by atoms with van der Waals surface area (Å²) in [6.07, 6.45) is 0.462. The van der Waals surface area contributed by atoms with Gasteiger partial charge in [0.2, 0.25) is 0 Å². The van der Waals surface area contributed by atoms with Crippen molar-refractivity contribution >= 4 is 62.7 Å². The summed E-state index contributed by atoms with van der Waals surface area (Å²) < 4.78 is 3.29. The van der Waals surface area contributed by atoms with Crippen LogP contribution in [0.2, 0.25) is 0 Å². The molecule has 0 amide bonds. The van der Waals surface area contributed by atoms with E-state index in [1.807, 2.05) is 0 Å². The summed E-state index contributed by atoms with van der Waals surface area (Å²) in [6, 6.07) is 0. The Morgan fingerprint density at radius 1 is 1.73 bits per heavy atom. The third kappa shape index (κ3) is 3.37. The third-order valence-corrected chi connectivity index (χ3v) is 17.1. The Morgan fingerprint density at radius 3 is 2.73 bits per heavy atom. The van der Waals surface area contributed by atoms with Gasteiger partial charge in [0, 0.05) is 0 Å². The Morgan fingerprint density at radius 2 is 2.36 bits per heavy atom. The second-order valence-corrected chi connectivity index (χ2v) is 8.48. The molecule has 6 heteroatoms. The van der Waals surface area contributed by atoms with E-state index in [9.17, 15) is 4.79 Å². The predicted molar refractivity (Wildman–Crippen MR) is 36.6 cm³/mol. The third-order valence-electron chi connectivity index (χ3n) is 1.59. The van der Waals surface area contributed by atoms with Crippen LogP contribution < -0.4 is 0.865 Å². The van der Waals surface area contributed by atoms with Gasteiger partial charge in [-0.25, -0.2) is 0 Å². The molecule has 1 aromatic rings. The number of carbonyl (C=O) groups is 1. The quantitative estimate of drug-likeness (QED) is 0.554. The van der Waals surface area contributed by atoms with Gasteiger partial charge in [-0.15, -0.1) is 0 Å². The van der Waals surface area contributed by atoms with Crippen LogP contribution in [0.4, 0.5) is 0 Å². The number of hydrogen-bond donors (Lipinski definition) is 0. The molecule has 1 aromatic heterocycles. The molecule has 1 rings (SSSR count). The van der Waals surface area contributed by atoms with E-state index in [1.165, 1.54) is 0 Å². The number of carbonyl (C=O) groups excluding carboxylic acids is 1. The standard InChI is InChI=1S/C5H5N3O.Ra.Rb.H/c1-4(9)2-5-6-3-7-8-5;;;/h2H2,1H3;;;/q-1;;+1;. The van der Waals surface area contributed by atoms with Crippen LogP contribution >= 0.6 is 0 Å². The van der Waals surface area contributed by atoms with Gasteiger partial charge < -0.3 is 0 Å². The second kappa shape index (κ2) is 5.09. The molecule has 0 bridgehead atoms. The van der Waals surface area contributed by atoms with Gasteiger partial charge in [-0.2, -0.15) is 0 Å². The summed E-state index contributed by atoms with van der Waals surface area (Å²) in [5.74, 6) is 1.05. The first kappa shape index (κ1) is 11.2. The van der Waals surface area contributed by atoms with Crippen molar-refractivity contribution < 1.29 is 47.6 Å². The van der Waals surface area contributed by atoms with Crippen molar-refractivity contribution in [1.82, 2.24) is 8.51 Å². The van der Waals surface area contributed by atoms with E-state index in [2.05, 4.69) is 8.51 Å². The molecule has 0 saturated carbocycles. The zero-order valence-electron chi connectivity index (χ0n) is 6.96. The van der Waals surface area contributed by atoms with Crippen molar-refractivity contribution in [3.05, 3.63) is 5.82 Å². The Balaban J connectivity index is 2.87. The van der Waals surface area contributed by atoms with Crippen molar-refractivity contribution in [3.8, 4) is 0 Å². The molecular weight excluding hydrogens is 430 g/mol. The molecule has 4 nitrogen and oxygen atoms in total. The van der Waals surface area contributed by atoms with E-state index in [-0.39, 0.29) is 48.6 Å². The zero-order valence-corrected chi connectivity index (χ0v) is 20.1. The van der Waals surface area contributed by atoms with Gasteiger partial charge in [-0.1, -0.05) is 0 Å². The summed E-state index contributed by atoms with van der Waals surface area (Å²) in [5.41, 5.74) is 0. The summed E-state index contributed by atoms with van der Waals surface area (Å²) in [7, 11) is 0. The topological polar surface area (TPSA) is 47.8 Å². The number of aromatic nitrogens is 3. The fourth-order valence-corrected chi connectivity index (χ4v) is 3.13. The maximum atomic E-state index is 10.7. The molecule has 0 aliphatic carbocycles. The summed E-state index contributed by atoms with van der Waals surface area (Å²) in [4.78, 5) is 10.7. The van der Waals surface area contributed by atoms with E-state index in [0.29, 0.717) is 62.4 Å². The Bertz CT molecular complexity index is 285. The van der Waals surface area contributed by atoms with Crippen LogP contribution in [0.5, 0.6) is 0 Å². The van der Waals surface area contributed by atoms with E-state index >= 15 is 0 Å². The van der Waals surface area contributed by atoms with Gasteiger partial charge in [0.1, 0.15) is 0 Å². The molecule has 0 aromatic carbocycles. The Kier molecular flexibility index (Phi) is 5.16. The van der Waals surface area contributed by atoms with Crippen molar-refractivity contribution in [1.29, 1.82) is 0 Å². The number of Topliss-reactive ketones (excluding diaryl/α,β-unsaturated/α-hetero) is 1. The zero-order chi connectivity index (χ0) is 8.43. The summed E-state index contributed by atoms with van der Waals surface area (Å²) >= 11 is 0.672. The van der Waals surface area contributed by atoms with Gasteiger partial charge in [0.25, 0.3) is 0 Å². The van der Waals surface area contributed by atoms with Crippen LogP contribution in [0, 0.1) is 42.8 Å². The molecule has 1 heterocycles. The average molecular weight is 436 g/mol. The van der Waals surface area contributed by atoms with Crippen LogP contribution in [0.3, 0.4) is 0 Å². The normalized spacial score (nSPS) is 10.0. The molecule has 0 unspecified atom stereocenters. The fraction of sp³-hybridized carbons (Fsp3) is 0.400. The molecule has 0 aliphatic rings. The first-order valence-corrected chi connectivity index (χ1v) is 9.76. The van der Waals surface area contributed by atoms with E-state index in [4.69, 9.17) is 0 Å². The van der Waals surface area contributed by atoms with Crippen LogP contribution in [0.25, 0.3) is 0 Å². The van der Waals surface area contributed by atoms with E-state index in [1.54, 1.807) is 6.92 Å². The van der Waals surface area contributed by atoms with Gasteiger partial charge in [-0.3, -0.25) is 0 Å². The maximum absolute atomic E-state index is 10.7. The molecular formula is C5H6N3ORaRb. The van der Waals surface area contributed by atoms with Crippen LogP contribution in [-0.4, -0.2) is 70.3 Å². The number of hydrogen-bond acceptors (Lipinski definition) is 3. The molecule has 0 spiro atoms. The molecule has 0 atom stereocenters. The van der Waals surface area contributed by atoms with Crippen molar-refractivity contribution in [2.75, 3.05) is 0 Å². The Labute approximate surface area is 134 Å². The van der Waals surface area contributed by atoms with E-state index < -0.39 is 0 Å². The fourth-order valence-electron chi connectivity index (χ4n) is 0.828. The number of rotatable bonds is 2. The van der Waals surface area contributed by atoms with Crippen molar-refractivity contribution in [2.24, 2.45) is 0 Å². The second-order valence-electron chi connectivity index (χ2n) is 2.60. The van der Waals surface area contributed by atoms with Crippen LogP contribution in [0.15, 0.2) is 0 Å². The van der Waals surface area contributed by atoms with Crippen LogP contribution in [-0.2, 0) is 11.2 Å². The van der Waals surface area contributed by atoms with Gasteiger partial charge in [0.05, 0.1) is 0 Å². The molecule has 0 fully saturated rings. The minimum atomic E-state index is 0.171. The van der Waals surface area contributed by atoms with Crippen molar-refractivity contribution in [3.63, 3.8) is 0 Å². The summed E-state index contributed by atoms with van der Waals surface area (Å²) in [6.45, 7) is 1.59. The molecule has 0 saturated heterocycles. The van der Waals surface area contributed by atoms with Crippen LogP contribution in [0.1, 0.15) is 12.7 Å². The monoisotopic (exact) mass is 435 g/mol. The van der Waals surface area contributed by atoms with E-state index in [0.717, 1.165) is 6.69 Å².